The Balaban J connectivity index is 2.15. The van der Waals surface area contributed by atoms with E-state index in [1.54, 1.807) is 18.3 Å². The lowest BCUT2D eigenvalue weighted by molar-refractivity contribution is 0.0696. The van der Waals surface area contributed by atoms with Crippen molar-refractivity contribution in [1.82, 2.24) is 4.98 Å². The number of hydrogen-bond donors (Lipinski definition) is 1. The second-order valence-electron chi connectivity index (χ2n) is 3.73. The zero-order chi connectivity index (χ0) is 13.8. The molecular formula is C13H9ClFNO2S. The van der Waals surface area contributed by atoms with Gasteiger partial charge in [0, 0.05) is 16.8 Å². The van der Waals surface area contributed by atoms with Crippen LogP contribution in [0.15, 0.2) is 41.4 Å². The summed E-state index contributed by atoms with van der Waals surface area (Å²) in [6.45, 7) is 0. The van der Waals surface area contributed by atoms with Crippen LogP contribution in [0.25, 0.3) is 0 Å². The van der Waals surface area contributed by atoms with Gasteiger partial charge in [-0.15, -0.1) is 11.8 Å². The number of rotatable bonds is 4. The average Bonchev–Trinajstić information content (AvgIpc) is 2.37. The lowest BCUT2D eigenvalue weighted by atomic mass is 10.2. The van der Waals surface area contributed by atoms with Crippen LogP contribution in [0.4, 0.5) is 4.39 Å². The van der Waals surface area contributed by atoms with Crippen LogP contribution in [0, 0.1) is 5.82 Å². The van der Waals surface area contributed by atoms with E-state index in [1.807, 2.05) is 0 Å². The molecule has 1 aromatic heterocycles. The number of carboxylic acids is 1. The monoisotopic (exact) mass is 297 g/mol. The number of carboxylic acid groups (broad SMARTS) is 1. The van der Waals surface area contributed by atoms with E-state index >= 15 is 0 Å². The van der Waals surface area contributed by atoms with Crippen molar-refractivity contribution in [3.63, 3.8) is 0 Å². The van der Waals surface area contributed by atoms with Gasteiger partial charge in [-0.2, -0.15) is 0 Å². The zero-order valence-electron chi connectivity index (χ0n) is 9.64. The number of nitrogens with zero attached hydrogens (tertiary/aromatic N) is 1. The van der Waals surface area contributed by atoms with Gasteiger partial charge in [0.1, 0.15) is 11.0 Å². The fourth-order valence-electron chi connectivity index (χ4n) is 1.44. The molecule has 0 atom stereocenters. The van der Waals surface area contributed by atoms with Gasteiger partial charge in [0.15, 0.2) is 0 Å². The quantitative estimate of drug-likeness (QED) is 0.687. The highest BCUT2D eigenvalue weighted by atomic mass is 35.5. The Morgan fingerprint density at radius 3 is 2.84 bits per heavy atom. The fraction of sp³-hybridized carbons (Fsp3) is 0.0769. The van der Waals surface area contributed by atoms with E-state index < -0.39 is 11.8 Å². The molecule has 0 fully saturated rings. The third kappa shape index (κ3) is 3.68. The smallest absolute Gasteiger partial charge is 0.335 e. The molecule has 1 heterocycles. The highest BCUT2D eigenvalue weighted by Crippen LogP contribution is 2.27. The van der Waals surface area contributed by atoms with E-state index in [2.05, 4.69) is 4.98 Å². The lowest BCUT2D eigenvalue weighted by Crippen LogP contribution is -1.97. The van der Waals surface area contributed by atoms with Gasteiger partial charge >= 0.3 is 5.97 Å². The third-order valence-electron chi connectivity index (χ3n) is 2.36. The maximum absolute atomic E-state index is 13.6. The van der Waals surface area contributed by atoms with Crippen molar-refractivity contribution < 1.29 is 14.3 Å². The van der Waals surface area contributed by atoms with Crippen LogP contribution in [-0.4, -0.2) is 16.1 Å². The Kier molecular flexibility index (Phi) is 4.39. The van der Waals surface area contributed by atoms with Crippen LogP contribution in [0.2, 0.25) is 5.15 Å². The molecule has 0 radical (unpaired) electrons. The molecule has 2 rings (SSSR count). The van der Waals surface area contributed by atoms with Crippen LogP contribution in [0.5, 0.6) is 0 Å². The summed E-state index contributed by atoms with van der Waals surface area (Å²) in [4.78, 5) is 15.0. The van der Waals surface area contributed by atoms with Crippen molar-refractivity contribution in [2.24, 2.45) is 0 Å². The Labute approximate surface area is 118 Å². The number of aromatic carboxylic acids is 1. The molecule has 0 spiro atoms. The average molecular weight is 298 g/mol. The largest absolute Gasteiger partial charge is 0.478 e. The van der Waals surface area contributed by atoms with Gasteiger partial charge in [0.25, 0.3) is 0 Å². The predicted molar refractivity (Wildman–Crippen MR) is 72.2 cm³/mol. The van der Waals surface area contributed by atoms with Crippen molar-refractivity contribution in [2.45, 2.75) is 10.6 Å². The number of pyridine rings is 1. The predicted octanol–water partition coefficient (Wildman–Crippen LogP) is 3.86. The maximum atomic E-state index is 13.6. The Bertz CT molecular complexity index is 621. The summed E-state index contributed by atoms with van der Waals surface area (Å²) in [5.74, 6) is -1.02. The molecule has 0 unspecified atom stereocenters. The number of thioether (sulfide) groups is 1. The van der Waals surface area contributed by atoms with E-state index in [4.69, 9.17) is 16.7 Å². The summed E-state index contributed by atoms with van der Waals surface area (Å²) >= 11 is 6.97. The van der Waals surface area contributed by atoms with Gasteiger partial charge in [-0.3, -0.25) is 0 Å². The van der Waals surface area contributed by atoms with Crippen LogP contribution in [0.3, 0.4) is 0 Å². The molecule has 0 aliphatic heterocycles. The Morgan fingerprint density at radius 1 is 1.37 bits per heavy atom. The van der Waals surface area contributed by atoms with Crippen LogP contribution in [0.1, 0.15) is 15.9 Å². The van der Waals surface area contributed by atoms with Gasteiger partial charge in [-0.05, 0) is 35.9 Å². The number of hydrogen-bond acceptors (Lipinski definition) is 3. The minimum absolute atomic E-state index is 0.0664. The molecule has 0 saturated carbocycles. The Hall–Kier alpha value is -1.59. The van der Waals surface area contributed by atoms with Gasteiger partial charge < -0.3 is 5.11 Å². The number of carbonyl (C=O) groups is 1. The molecule has 6 heteroatoms. The van der Waals surface area contributed by atoms with Gasteiger partial charge in [0.2, 0.25) is 0 Å². The van der Waals surface area contributed by atoms with Gasteiger partial charge in [-0.25, -0.2) is 14.2 Å². The van der Waals surface area contributed by atoms with E-state index in [0.29, 0.717) is 15.8 Å². The molecule has 3 nitrogen and oxygen atoms in total. The molecule has 0 aliphatic carbocycles. The third-order valence-corrected chi connectivity index (χ3v) is 3.67. The van der Waals surface area contributed by atoms with E-state index in [-0.39, 0.29) is 5.56 Å². The number of halogens is 2. The molecule has 0 aliphatic rings. The molecule has 2 aromatic rings. The molecule has 98 valence electrons. The summed E-state index contributed by atoms with van der Waals surface area (Å²) in [6.07, 6.45) is 1.57. The van der Waals surface area contributed by atoms with Crippen molar-refractivity contribution >= 4 is 29.3 Å². The minimum atomic E-state index is -1.08. The summed E-state index contributed by atoms with van der Waals surface area (Å²) in [6, 6.07) is 7.19. The number of benzene rings is 1. The zero-order valence-corrected chi connectivity index (χ0v) is 11.2. The normalized spacial score (nSPS) is 10.4. The van der Waals surface area contributed by atoms with E-state index in [1.165, 1.54) is 23.9 Å². The summed E-state index contributed by atoms with van der Waals surface area (Å²) < 4.78 is 13.6. The second kappa shape index (κ2) is 6.04. The molecule has 1 aromatic carbocycles. The van der Waals surface area contributed by atoms with Crippen molar-refractivity contribution in [2.75, 3.05) is 0 Å². The van der Waals surface area contributed by atoms with Crippen LogP contribution in [-0.2, 0) is 5.75 Å². The second-order valence-corrected chi connectivity index (χ2v) is 5.13. The first-order valence-corrected chi connectivity index (χ1v) is 6.68. The first-order chi connectivity index (χ1) is 9.06. The maximum Gasteiger partial charge on any atom is 0.335 e. The molecule has 1 N–H and O–H groups in total. The molecular weight excluding hydrogens is 289 g/mol. The van der Waals surface area contributed by atoms with Crippen LogP contribution >= 0.6 is 23.4 Å². The van der Waals surface area contributed by atoms with Crippen molar-refractivity contribution in [3.05, 3.63) is 58.6 Å². The molecule has 0 bridgehead atoms. The van der Waals surface area contributed by atoms with E-state index in [9.17, 15) is 9.18 Å². The van der Waals surface area contributed by atoms with Gasteiger partial charge in [0.05, 0.1) is 5.56 Å². The molecule has 19 heavy (non-hydrogen) atoms. The SMILES string of the molecule is O=C(O)c1ccc(F)c(SCc2ccnc(Cl)c2)c1. The topological polar surface area (TPSA) is 50.2 Å². The Morgan fingerprint density at radius 2 is 2.16 bits per heavy atom. The van der Waals surface area contributed by atoms with Crippen molar-refractivity contribution in [1.29, 1.82) is 0 Å². The molecule has 0 saturated heterocycles. The molecule has 0 amide bonds. The standard InChI is InChI=1S/C13H9ClFNO2S/c14-12-5-8(3-4-16-12)7-19-11-6-9(13(17)18)1-2-10(11)15/h1-6H,7H2,(H,17,18). The fourth-order valence-corrected chi connectivity index (χ4v) is 2.55. The first kappa shape index (κ1) is 13.8. The summed E-state index contributed by atoms with van der Waals surface area (Å²) in [5.41, 5.74) is 0.960. The lowest BCUT2D eigenvalue weighted by Gasteiger charge is -2.05. The minimum Gasteiger partial charge on any atom is -0.478 e. The highest BCUT2D eigenvalue weighted by Gasteiger charge is 2.09. The van der Waals surface area contributed by atoms with Crippen molar-refractivity contribution in [3.8, 4) is 0 Å². The van der Waals surface area contributed by atoms with Crippen LogP contribution < -0.4 is 0 Å². The van der Waals surface area contributed by atoms with Gasteiger partial charge in [-0.1, -0.05) is 11.6 Å². The van der Waals surface area contributed by atoms with E-state index in [0.717, 1.165) is 11.6 Å². The number of aromatic nitrogens is 1. The first-order valence-electron chi connectivity index (χ1n) is 5.32. The highest BCUT2D eigenvalue weighted by molar-refractivity contribution is 7.98. The summed E-state index contributed by atoms with van der Waals surface area (Å²) in [5, 5.41) is 9.24. The summed E-state index contributed by atoms with van der Waals surface area (Å²) in [7, 11) is 0.